The normalized spacial score (nSPS) is 15.2. The fourth-order valence-electron chi connectivity index (χ4n) is 2.03. The summed E-state index contributed by atoms with van der Waals surface area (Å²) in [6.07, 6.45) is 0.759. The van der Waals surface area contributed by atoms with Crippen LogP contribution in [0.2, 0.25) is 0 Å². The molecule has 0 aromatic heterocycles. The molecule has 3 amide bonds. The van der Waals surface area contributed by atoms with Gasteiger partial charge in [0.2, 0.25) is 5.91 Å². The average molecular weight is 278 g/mol. The minimum absolute atomic E-state index is 0.0102. The summed E-state index contributed by atoms with van der Waals surface area (Å²) < 4.78 is 5.08. The predicted octanol–water partition coefficient (Wildman–Crippen LogP) is 0.635. The number of benzene rings is 1. The number of carbonyl (C=O) groups excluding carboxylic acids is 2. The van der Waals surface area contributed by atoms with E-state index in [1.54, 1.807) is 31.4 Å². The fourth-order valence-corrected chi connectivity index (χ4v) is 2.03. The molecule has 7 heteroatoms. The smallest absolute Gasteiger partial charge is 0.334 e. The molecule has 1 saturated heterocycles. The van der Waals surface area contributed by atoms with Crippen LogP contribution in [0.15, 0.2) is 24.3 Å². The second kappa shape index (κ2) is 6.25. The van der Waals surface area contributed by atoms with Crippen molar-refractivity contribution in [2.75, 3.05) is 32.1 Å². The highest BCUT2D eigenvalue weighted by atomic mass is 16.5. The second-order valence-corrected chi connectivity index (χ2v) is 4.53. The van der Waals surface area contributed by atoms with Crippen LogP contribution < -0.4 is 15.9 Å². The van der Waals surface area contributed by atoms with Crippen molar-refractivity contribution in [2.24, 2.45) is 5.84 Å². The molecule has 1 aliphatic rings. The Hall–Kier alpha value is -2.28. The first-order chi connectivity index (χ1) is 9.60. The maximum Gasteiger partial charge on any atom is 0.334 e. The monoisotopic (exact) mass is 278 g/mol. The molecule has 1 fully saturated rings. The Balaban J connectivity index is 1.93. The van der Waals surface area contributed by atoms with Crippen molar-refractivity contribution >= 4 is 17.6 Å². The van der Waals surface area contributed by atoms with Crippen LogP contribution in [0.25, 0.3) is 0 Å². The summed E-state index contributed by atoms with van der Waals surface area (Å²) in [5.41, 5.74) is 0.628. The highest BCUT2D eigenvalue weighted by Crippen LogP contribution is 2.16. The first kappa shape index (κ1) is 14.1. The van der Waals surface area contributed by atoms with Gasteiger partial charge in [-0.2, -0.15) is 0 Å². The van der Waals surface area contributed by atoms with Crippen LogP contribution in [-0.2, 0) is 4.79 Å². The van der Waals surface area contributed by atoms with Crippen LogP contribution in [0, 0.1) is 0 Å². The van der Waals surface area contributed by atoms with Crippen molar-refractivity contribution in [3.05, 3.63) is 24.3 Å². The molecule has 7 nitrogen and oxygen atoms in total. The van der Waals surface area contributed by atoms with E-state index in [-0.39, 0.29) is 18.5 Å². The summed E-state index contributed by atoms with van der Waals surface area (Å²) in [4.78, 5) is 25.1. The van der Waals surface area contributed by atoms with Crippen molar-refractivity contribution in [3.8, 4) is 5.75 Å². The Morgan fingerprint density at radius 1 is 1.45 bits per heavy atom. The molecule has 20 heavy (non-hydrogen) atoms. The second-order valence-electron chi connectivity index (χ2n) is 4.53. The number of nitrogens with one attached hydrogen (secondary N) is 1. The summed E-state index contributed by atoms with van der Waals surface area (Å²) in [6, 6.07) is 6.72. The zero-order chi connectivity index (χ0) is 14.5. The van der Waals surface area contributed by atoms with E-state index < -0.39 is 0 Å². The zero-order valence-electron chi connectivity index (χ0n) is 11.3. The molecule has 1 heterocycles. The molecule has 0 unspecified atom stereocenters. The molecular formula is C13H18N4O3. The van der Waals surface area contributed by atoms with Crippen molar-refractivity contribution < 1.29 is 14.3 Å². The van der Waals surface area contributed by atoms with Crippen LogP contribution in [-0.4, -0.2) is 48.6 Å². The lowest BCUT2D eigenvalue weighted by atomic mass is 10.3. The zero-order valence-corrected chi connectivity index (χ0v) is 11.3. The molecule has 0 aliphatic carbocycles. The minimum Gasteiger partial charge on any atom is -0.497 e. The molecule has 2 rings (SSSR count). The lowest BCUT2D eigenvalue weighted by molar-refractivity contribution is -0.117. The standard InChI is InChI=1S/C13H18N4O3/c1-20-11-5-2-4-10(8-11)15-12(18)9-16-6-3-7-17(14)13(16)19/h2,4-5,8H,3,6-7,9,14H2,1H3,(H,15,18). The average Bonchev–Trinajstić information content (AvgIpc) is 2.44. The molecule has 0 atom stereocenters. The number of amides is 3. The van der Waals surface area contributed by atoms with Gasteiger partial charge in [0.15, 0.2) is 0 Å². The molecule has 3 N–H and O–H groups in total. The Morgan fingerprint density at radius 3 is 3.00 bits per heavy atom. The highest BCUT2D eigenvalue weighted by Gasteiger charge is 2.24. The number of nitrogens with zero attached hydrogens (tertiary/aromatic N) is 2. The van der Waals surface area contributed by atoms with Gasteiger partial charge >= 0.3 is 6.03 Å². The number of hydrazine groups is 1. The first-order valence-electron chi connectivity index (χ1n) is 6.35. The minimum atomic E-state index is -0.322. The third kappa shape index (κ3) is 3.39. The lowest BCUT2D eigenvalue weighted by Gasteiger charge is -2.32. The molecular weight excluding hydrogens is 260 g/mol. The predicted molar refractivity (Wildman–Crippen MR) is 74.1 cm³/mol. The van der Waals surface area contributed by atoms with Gasteiger partial charge in [-0.05, 0) is 18.6 Å². The summed E-state index contributed by atoms with van der Waals surface area (Å²) >= 11 is 0. The number of methoxy groups -OCH3 is 1. The molecule has 0 saturated carbocycles. The number of nitrogens with two attached hydrogens (primary N) is 1. The van der Waals surface area contributed by atoms with Gasteiger partial charge < -0.3 is 15.0 Å². The van der Waals surface area contributed by atoms with Gasteiger partial charge in [-0.15, -0.1) is 0 Å². The number of anilines is 1. The molecule has 0 bridgehead atoms. The van der Waals surface area contributed by atoms with Crippen molar-refractivity contribution in [2.45, 2.75) is 6.42 Å². The van der Waals surface area contributed by atoms with Crippen molar-refractivity contribution in [1.29, 1.82) is 0 Å². The Labute approximate surface area is 117 Å². The Kier molecular flexibility index (Phi) is 4.41. The van der Waals surface area contributed by atoms with Gasteiger partial charge in [0.1, 0.15) is 12.3 Å². The number of hydrogen-bond acceptors (Lipinski definition) is 4. The Morgan fingerprint density at radius 2 is 2.25 bits per heavy atom. The van der Waals surface area contributed by atoms with E-state index in [4.69, 9.17) is 10.6 Å². The lowest BCUT2D eigenvalue weighted by Crippen LogP contribution is -2.54. The molecule has 1 aromatic carbocycles. The number of urea groups is 1. The number of carbonyl (C=O) groups is 2. The maximum atomic E-state index is 11.9. The van der Waals surface area contributed by atoms with E-state index in [1.165, 1.54) is 4.90 Å². The summed E-state index contributed by atoms with van der Waals surface area (Å²) in [5.74, 6) is 5.92. The van der Waals surface area contributed by atoms with Gasteiger partial charge in [-0.1, -0.05) is 6.07 Å². The van der Waals surface area contributed by atoms with Gasteiger partial charge in [0, 0.05) is 24.8 Å². The van der Waals surface area contributed by atoms with Crippen molar-refractivity contribution in [1.82, 2.24) is 9.91 Å². The molecule has 0 spiro atoms. The third-order valence-corrected chi connectivity index (χ3v) is 3.03. The van der Waals surface area contributed by atoms with Crippen LogP contribution in [0.3, 0.4) is 0 Å². The summed E-state index contributed by atoms with van der Waals surface area (Å²) in [7, 11) is 1.56. The van der Waals surface area contributed by atoms with E-state index in [2.05, 4.69) is 5.32 Å². The molecule has 108 valence electrons. The molecule has 1 aliphatic heterocycles. The van der Waals surface area contributed by atoms with Gasteiger partial charge in [-0.3, -0.25) is 9.80 Å². The SMILES string of the molecule is COc1cccc(NC(=O)CN2CCCN(N)C2=O)c1. The number of rotatable bonds is 4. The maximum absolute atomic E-state index is 11.9. The van der Waals surface area contributed by atoms with E-state index in [9.17, 15) is 9.59 Å². The third-order valence-electron chi connectivity index (χ3n) is 3.03. The summed E-state index contributed by atoms with van der Waals surface area (Å²) in [5, 5.41) is 3.85. The van der Waals surface area contributed by atoms with Crippen LogP contribution in [0.1, 0.15) is 6.42 Å². The molecule has 1 aromatic rings. The molecule has 0 radical (unpaired) electrons. The Bertz CT molecular complexity index is 506. The van der Waals surface area contributed by atoms with E-state index in [1.807, 2.05) is 0 Å². The van der Waals surface area contributed by atoms with Gasteiger partial charge in [0.25, 0.3) is 0 Å². The highest BCUT2D eigenvalue weighted by molar-refractivity contribution is 5.94. The number of ether oxygens (including phenoxy) is 1. The van der Waals surface area contributed by atoms with E-state index >= 15 is 0 Å². The van der Waals surface area contributed by atoms with Crippen molar-refractivity contribution in [3.63, 3.8) is 0 Å². The first-order valence-corrected chi connectivity index (χ1v) is 6.35. The largest absolute Gasteiger partial charge is 0.497 e. The quantitative estimate of drug-likeness (QED) is 0.625. The van der Waals surface area contributed by atoms with Gasteiger partial charge in [0.05, 0.1) is 7.11 Å². The number of hydrogen-bond donors (Lipinski definition) is 2. The van der Waals surface area contributed by atoms with Crippen LogP contribution in [0.5, 0.6) is 5.75 Å². The summed E-state index contributed by atoms with van der Waals surface area (Å²) in [6.45, 7) is 1.05. The fraction of sp³-hybridized carbons (Fsp3) is 0.385. The van der Waals surface area contributed by atoms with Crippen LogP contribution >= 0.6 is 0 Å². The van der Waals surface area contributed by atoms with Gasteiger partial charge in [-0.25, -0.2) is 10.6 Å². The topological polar surface area (TPSA) is 87.9 Å². The van der Waals surface area contributed by atoms with Crippen LogP contribution in [0.4, 0.5) is 10.5 Å². The van der Waals surface area contributed by atoms with E-state index in [0.717, 1.165) is 11.4 Å². The van der Waals surface area contributed by atoms with E-state index in [0.29, 0.717) is 24.5 Å².